The van der Waals surface area contributed by atoms with E-state index in [9.17, 15) is 5.11 Å². The van der Waals surface area contributed by atoms with Gasteiger partial charge in [-0.1, -0.05) is 30.3 Å². The Bertz CT molecular complexity index is 1550. The Hall–Kier alpha value is -3.42. The van der Waals surface area contributed by atoms with Crippen molar-refractivity contribution in [2.45, 2.75) is 56.1 Å². The van der Waals surface area contributed by atoms with Gasteiger partial charge in [-0.2, -0.15) is 9.97 Å². The lowest BCUT2D eigenvalue weighted by Gasteiger charge is -2.34. The smallest absolute Gasteiger partial charge is 0.319 e. The van der Waals surface area contributed by atoms with Crippen LogP contribution < -0.4 is 15.0 Å². The van der Waals surface area contributed by atoms with Crippen molar-refractivity contribution in [2.24, 2.45) is 0 Å². The van der Waals surface area contributed by atoms with Gasteiger partial charge in [0.1, 0.15) is 18.2 Å². The van der Waals surface area contributed by atoms with E-state index in [4.69, 9.17) is 14.7 Å². The first-order valence-corrected chi connectivity index (χ1v) is 14.6. The van der Waals surface area contributed by atoms with Gasteiger partial charge in [0.05, 0.1) is 11.1 Å². The highest BCUT2D eigenvalue weighted by Crippen LogP contribution is 2.40. The average Bonchev–Trinajstić information content (AvgIpc) is 3.64. The monoisotopic (exact) mass is 521 g/mol. The molecular weight excluding hydrogens is 486 g/mol. The highest BCUT2D eigenvalue weighted by Gasteiger charge is 2.45. The zero-order valence-corrected chi connectivity index (χ0v) is 22.3. The molecule has 4 fully saturated rings. The minimum absolute atomic E-state index is 0.148. The number of piperazine rings is 1. The highest BCUT2D eigenvalue weighted by atomic mass is 16.5. The van der Waals surface area contributed by atoms with Gasteiger partial charge in [-0.15, -0.1) is 0 Å². The molecule has 8 rings (SSSR count). The number of phenols is 1. The van der Waals surface area contributed by atoms with Crippen molar-refractivity contribution in [1.82, 2.24) is 20.2 Å². The second-order valence-corrected chi connectivity index (χ2v) is 12.0. The zero-order valence-electron chi connectivity index (χ0n) is 22.3. The summed E-state index contributed by atoms with van der Waals surface area (Å²) in [6.07, 6.45) is 7.34. The van der Waals surface area contributed by atoms with E-state index in [1.54, 1.807) is 0 Å². The summed E-state index contributed by atoms with van der Waals surface area (Å²) >= 11 is 0. The molecule has 2 bridgehead atoms. The van der Waals surface area contributed by atoms with Crippen LogP contribution in [0.1, 0.15) is 38.5 Å². The van der Waals surface area contributed by atoms with Gasteiger partial charge in [-0.3, -0.25) is 4.90 Å². The van der Waals surface area contributed by atoms with Crippen LogP contribution in [0, 0.1) is 0 Å². The molecule has 5 heterocycles. The van der Waals surface area contributed by atoms with E-state index in [2.05, 4.69) is 39.4 Å². The van der Waals surface area contributed by atoms with Crippen molar-refractivity contribution in [3.05, 3.63) is 54.6 Å². The zero-order chi connectivity index (χ0) is 26.0. The van der Waals surface area contributed by atoms with Crippen molar-refractivity contribution in [2.75, 3.05) is 37.7 Å². The largest absolute Gasteiger partial charge is 0.508 e. The van der Waals surface area contributed by atoms with Crippen LogP contribution in [0.5, 0.6) is 11.8 Å². The van der Waals surface area contributed by atoms with Crippen LogP contribution in [-0.2, 0) is 0 Å². The van der Waals surface area contributed by atoms with E-state index in [-0.39, 0.29) is 11.3 Å². The lowest BCUT2D eigenvalue weighted by atomic mass is 9.95. The van der Waals surface area contributed by atoms with E-state index >= 15 is 0 Å². The van der Waals surface area contributed by atoms with Crippen molar-refractivity contribution in [3.8, 4) is 22.9 Å². The molecule has 4 saturated heterocycles. The number of ether oxygens (including phenoxy) is 1. The molecule has 4 aromatic rings. The summed E-state index contributed by atoms with van der Waals surface area (Å²) in [6.45, 7) is 4.93. The van der Waals surface area contributed by atoms with Gasteiger partial charge in [-0.25, -0.2) is 0 Å². The second-order valence-electron chi connectivity index (χ2n) is 12.0. The Morgan fingerprint density at radius 1 is 0.923 bits per heavy atom. The summed E-state index contributed by atoms with van der Waals surface area (Å²) in [5.74, 6) is 1.25. The molecule has 0 amide bonds. The Kier molecular flexibility index (Phi) is 5.46. The minimum atomic E-state index is 0.148. The molecule has 0 spiro atoms. The number of aromatic hydroxyl groups is 1. The first kappa shape index (κ1) is 23.5. The van der Waals surface area contributed by atoms with Crippen molar-refractivity contribution in [1.29, 1.82) is 0 Å². The SMILES string of the molecule is Oc1cc(-c2ccc3c(N4CC5CCC(C4)N5)nc(OCC45CCCN4CCC5)nc3c2)c2ccccc2c1. The second kappa shape index (κ2) is 9.07. The summed E-state index contributed by atoms with van der Waals surface area (Å²) in [5, 5.41) is 17.4. The third-order valence-corrected chi connectivity index (χ3v) is 9.61. The number of rotatable bonds is 5. The number of nitrogens with one attached hydrogen (secondary N) is 1. The third-order valence-electron chi connectivity index (χ3n) is 9.61. The standard InChI is InChI=1S/C32H35N5O2/c38-25-15-21-5-1-2-6-26(21)28(17-25)22-7-10-27-29(16-22)34-31(39-20-32-11-3-13-37(32)14-4-12-32)35-30(27)36-18-23-8-9-24(19-36)33-23/h1-2,5-7,10,15-17,23-24,33,38H,3-4,8-9,11-14,18-20H2. The van der Waals surface area contributed by atoms with E-state index < -0.39 is 0 Å². The molecular formula is C32H35N5O2. The Morgan fingerprint density at radius 3 is 2.54 bits per heavy atom. The van der Waals surface area contributed by atoms with Crippen LogP contribution in [0.3, 0.4) is 0 Å². The number of hydrogen-bond donors (Lipinski definition) is 2. The molecule has 0 saturated carbocycles. The van der Waals surface area contributed by atoms with E-state index in [1.807, 2.05) is 30.3 Å². The fourth-order valence-electron chi connectivity index (χ4n) is 7.73. The summed E-state index contributed by atoms with van der Waals surface area (Å²) < 4.78 is 6.49. The average molecular weight is 522 g/mol. The number of hydrogen-bond acceptors (Lipinski definition) is 7. The van der Waals surface area contributed by atoms with E-state index in [0.717, 1.165) is 51.7 Å². The van der Waals surface area contributed by atoms with Gasteiger partial charge >= 0.3 is 6.01 Å². The fourth-order valence-corrected chi connectivity index (χ4v) is 7.73. The number of fused-ring (bicyclic) bond motifs is 5. The Labute approximate surface area is 228 Å². The van der Waals surface area contributed by atoms with Crippen LogP contribution in [0.25, 0.3) is 32.8 Å². The van der Waals surface area contributed by atoms with Crippen LogP contribution in [0.4, 0.5) is 5.82 Å². The van der Waals surface area contributed by atoms with E-state index in [1.165, 1.54) is 51.6 Å². The molecule has 4 aliphatic rings. The van der Waals surface area contributed by atoms with Crippen molar-refractivity contribution < 1.29 is 9.84 Å². The predicted molar refractivity (Wildman–Crippen MR) is 155 cm³/mol. The predicted octanol–water partition coefficient (Wildman–Crippen LogP) is 5.10. The minimum Gasteiger partial charge on any atom is -0.508 e. The molecule has 39 heavy (non-hydrogen) atoms. The number of nitrogens with zero attached hydrogens (tertiary/aromatic N) is 4. The Morgan fingerprint density at radius 2 is 1.72 bits per heavy atom. The summed E-state index contributed by atoms with van der Waals surface area (Å²) in [5.41, 5.74) is 3.07. The lowest BCUT2D eigenvalue weighted by molar-refractivity contribution is 0.108. The molecule has 2 atom stereocenters. The molecule has 7 heteroatoms. The van der Waals surface area contributed by atoms with Gasteiger partial charge in [0.25, 0.3) is 0 Å². The fraction of sp³-hybridized carbons (Fsp3) is 0.438. The summed E-state index contributed by atoms with van der Waals surface area (Å²) in [6, 6.07) is 19.8. The highest BCUT2D eigenvalue weighted by molar-refractivity contribution is 6.00. The van der Waals surface area contributed by atoms with E-state index in [0.29, 0.717) is 24.7 Å². The maximum Gasteiger partial charge on any atom is 0.319 e. The van der Waals surface area contributed by atoms with Crippen LogP contribution >= 0.6 is 0 Å². The number of anilines is 1. The Balaban J connectivity index is 1.22. The number of phenolic OH excluding ortho intramolecular Hbond substituents is 1. The number of aromatic nitrogens is 2. The summed E-state index contributed by atoms with van der Waals surface area (Å²) in [4.78, 5) is 15.1. The van der Waals surface area contributed by atoms with Crippen LogP contribution in [-0.4, -0.2) is 70.4 Å². The van der Waals surface area contributed by atoms with Crippen molar-refractivity contribution in [3.63, 3.8) is 0 Å². The number of benzene rings is 3. The third kappa shape index (κ3) is 4.02. The maximum atomic E-state index is 10.5. The molecule has 2 N–H and O–H groups in total. The molecule has 7 nitrogen and oxygen atoms in total. The van der Waals surface area contributed by atoms with Crippen LogP contribution in [0.2, 0.25) is 0 Å². The van der Waals surface area contributed by atoms with Crippen molar-refractivity contribution >= 4 is 27.5 Å². The molecule has 2 unspecified atom stereocenters. The maximum absolute atomic E-state index is 10.5. The topological polar surface area (TPSA) is 73.8 Å². The molecule has 3 aromatic carbocycles. The molecule has 1 aromatic heterocycles. The van der Waals surface area contributed by atoms with Crippen LogP contribution in [0.15, 0.2) is 54.6 Å². The van der Waals surface area contributed by atoms with Gasteiger partial charge in [0.2, 0.25) is 0 Å². The normalized spacial score (nSPS) is 24.1. The first-order chi connectivity index (χ1) is 19.1. The van der Waals surface area contributed by atoms with Gasteiger partial charge in [-0.05, 0) is 97.8 Å². The van der Waals surface area contributed by atoms with Gasteiger partial charge < -0.3 is 20.1 Å². The molecule has 0 aliphatic carbocycles. The molecule has 4 aliphatic heterocycles. The molecule has 200 valence electrons. The summed E-state index contributed by atoms with van der Waals surface area (Å²) in [7, 11) is 0. The first-order valence-electron chi connectivity index (χ1n) is 14.6. The molecule has 0 radical (unpaired) electrons. The lowest BCUT2D eigenvalue weighted by Crippen LogP contribution is -2.51. The van der Waals surface area contributed by atoms with Gasteiger partial charge in [0.15, 0.2) is 0 Å². The van der Waals surface area contributed by atoms with Gasteiger partial charge in [0, 0.05) is 30.6 Å². The quantitative estimate of drug-likeness (QED) is 0.378.